The van der Waals surface area contributed by atoms with Crippen LogP contribution in [-0.2, 0) is 24.1 Å². The van der Waals surface area contributed by atoms with Crippen LogP contribution in [0.2, 0.25) is 0 Å². The second-order valence-corrected chi connectivity index (χ2v) is 7.67. The minimum Gasteiger partial charge on any atom is -0.384 e. The first-order valence-corrected chi connectivity index (χ1v) is 9.75. The molecule has 1 aromatic rings. The van der Waals surface area contributed by atoms with Crippen LogP contribution in [0.5, 0.6) is 0 Å². The molecule has 3 aliphatic rings. The first-order chi connectivity index (χ1) is 12.3. The molecule has 2 amide bonds. The Morgan fingerprint density at radius 2 is 1.96 bits per heavy atom. The maximum absolute atomic E-state index is 13.0. The maximum Gasteiger partial charge on any atom is 0.318 e. The van der Waals surface area contributed by atoms with Crippen LogP contribution in [0.3, 0.4) is 0 Å². The van der Waals surface area contributed by atoms with Gasteiger partial charge in [-0.15, -0.1) is 10.2 Å². The highest BCUT2D eigenvalue weighted by atomic mass is 16.5. The van der Waals surface area contributed by atoms with Gasteiger partial charge in [0.15, 0.2) is 0 Å². The molecule has 0 unspecified atom stereocenters. The largest absolute Gasteiger partial charge is 0.384 e. The van der Waals surface area contributed by atoms with Gasteiger partial charge in [-0.3, -0.25) is 0 Å². The number of nitrogens with zero attached hydrogens (tertiary/aromatic N) is 4. The van der Waals surface area contributed by atoms with Crippen molar-refractivity contribution in [3.8, 4) is 0 Å². The summed E-state index contributed by atoms with van der Waals surface area (Å²) in [6, 6.07) is 1.01. The van der Waals surface area contributed by atoms with E-state index in [2.05, 4.69) is 25.0 Å². The number of hydrogen-bond donors (Lipinski definition) is 1. The Balaban J connectivity index is 1.47. The second kappa shape index (κ2) is 7.32. The summed E-state index contributed by atoms with van der Waals surface area (Å²) >= 11 is 0. The molecule has 3 heterocycles. The summed E-state index contributed by atoms with van der Waals surface area (Å²) in [5.41, 5.74) is 0. The van der Waals surface area contributed by atoms with Crippen LogP contribution in [0, 0.1) is 0 Å². The van der Waals surface area contributed by atoms with Crippen LogP contribution in [0.15, 0.2) is 0 Å². The van der Waals surface area contributed by atoms with Gasteiger partial charge in [0.25, 0.3) is 0 Å². The third kappa shape index (κ3) is 3.38. The minimum absolute atomic E-state index is 0.136. The Hall–Kier alpha value is -1.63. The van der Waals surface area contributed by atoms with Crippen LogP contribution in [0.4, 0.5) is 4.79 Å². The normalized spacial score (nSPS) is 26.4. The number of urea groups is 1. The van der Waals surface area contributed by atoms with Gasteiger partial charge in [0.1, 0.15) is 11.6 Å². The van der Waals surface area contributed by atoms with Gasteiger partial charge < -0.3 is 19.5 Å². The van der Waals surface area contributed by atoms with Crippen molar-refractivity contribution in [1.29, 1.82) is 0 Å². The summed E-state index contributed by atoms with van der Waals surface area (Å²) in [7, 11) is 1.71. The summed E-state index contributed by atoms with van der Waals surface area (Å²) in [5.74, 6) is 2.01. The van der Waals surface area contributed by atoms with E-state index in [1.165, 1.54) is 19.3 Å². The lowest BCUT2D eigenvalue weighted by Crippen LogP contribution is -2.50. The fraction of sp³-hybridized carbons (Fsp3) is 0.833. The predicted molar refractivity (Wildman–Crippen MR) is 93.4 cm³/mol. The lowest BCUT2D eigenvalue weighted by atomic mass is 9.96. The number of methoxy groups -OCH3 is 1. The highest BCUT2D eigenvalue weighted by molar-refractivity contribution is 5.75. The molecule has 138 valence electrons. The molecule has 4 rings (SSSR count). The minimum atomic E-state index is 0.136. The molecule has 1 aromatic heterocycles. The molecule has 0 aromatic carbocycles. The van der Waals surface area contributed by atoms with Crippen LogP contribution in [0.25, 0.3) is 0 Å². The van der Waals surface area contributed by atoms with Crippen LogP contribution < -0.4 is 5.32 Å². The Bertz CT molecular complexity index is 611. The Morgan fingerprint density at radius 1 is 1.16 bits per heavy atom. The van der Waals surface area contributed by atoms with Gasteiger partial charge in [-0.25, -0.2) is 4.79 Å². The van der Waals surface area contributed by atoms with E-state index >= 15 is 0 Å². The Labute approximate surface area is 149 Å². The summed E-state index contributed by atoms with van der Waals surface area (Å²) in [4.78, 5) is 15.1. The van der Waals surface area contributed by atoms with Crippen LogP contribution >= 0.6 is 0 Å². The lowest BCUT2D eigenvalue weighted by molar-refractivity contribution is 0.163. The van der Waals surface area contributed by atoms with E-state index in [9.17, 15) is 4.79 Å². The molecule has 2 bridgehead atoms. The number of carbonyl (C=O) groups is 1. The molecular formula is C18H29N5O2. The number of carbonyl (C=O) groups excluding carboxylic acids is 1. The fourth-order valence-corrected chi connectivity index (χ4v) is 4.70. The predicted octanol–water partition coefficient (Wildman–Crippen LogP) is 1.90. The molecule has 1 N–H and O–H groups in total. The lowest BCUT2D eigenvalue weighted by Gasteiger charge is -2.31. The highest BCUT2D eigenvalue weighted by Gasteiger charge is 2.41. The number of ether oxygens (including phenoxy) is 1. The standard InChI is InChI=1S/C18H29N5O2/c1-25-10-9-16-20-21-17-11-14-7-8-15(12-22(16)17)23(14)18(24)19-13-5-3-2-4-6-13/h13-15H,2-12H2,1H3,(H,19,24)/t14-,15+/m0/s1. The zero-order chi connectivity index (χ0) is 17.2. The van der Waals surface area contributed by atoms with Gasteiger partial charge in [0.05, 0.1) is 12.6 Å². The molecule has 1 saturated carbocycles. The van der Waals surface area contributed by atoms with Gasteiger partial charge in [-0.05, 0) is 25.7 Å². The molecule has 7 heteroatoms. The quantitative estimate of drug-likeness (QED) is 0.903. The molecule has 0 spiro atoms. The molecule has 25 heavy (non-hydrogen) atoms. The van der Waals surface area contributed by atoms with E-state index in [0.29, 0.717) is 12.6 Å². The zero-order valence-electron chi connectivity index (χ0n) is 15.1. The molecular weight excluding hydrogens is 318 g/mol. The number of nitrogens with one attached hydrogen (secondary N) is 1. The Morgan fingerprint density at radius 3 is 2.76 bits per heavy atom. The van der Waals surface area contributed by atoms with E-state index in [4.69, 9.17) is 4.74 Å². The molecule has 7 nitrogen and oxygen atoms in total. The van der Waals surface area contributed by atoms with Gasteiger partial charge in [0, 0.05) is 38.6 Å². The number of aromatic nitrogens is 3. The van der Waals surface area contributed by atoms with E-state index in [0.717, 1.165) is 56.7 Å². The number of fused-ring (bicyclic) bond motifs is 3. The summed E-state index contributed by atoms with van der Waals surface area (Å²) in [6.07, 6.45) is 9.77. The van der Waals surface area contributed by atoms with Gasteiger partial charge in [-0.1, -0.05) is 19.3 Å². The topological polar surface area (TPSA) is 72.3 Å². The molecule has 2 fully saturated rings. The van der Waals surface area contributed by atoms with Gasteiger partial charge >= 0.3 is 6.03 Å². The van der Waals surface area contributed by atoms with E-state index < -0.39 is 0 Å². The third-order valence-corrected chi connectivity index (χ3v) is 6.03. The summed E-state index contributed by atoms with van der Waals surface area (Å²) in [5, 5.41) is 12.1. The molecule has 2 aliphatic heterocycles. The van der Waals surface area contributed by atoms with E-state index in [1.807, 2.05) is 0 Å². The van der Waals surface area contributed by atoms with Crippen molar-refractivity contribution in [1.82, 2.24) is 25.0 Å². The van der Waals surface area contributed by atoms with Crippen LogP contribution in [0.1, 0.15) is 56.6 Å². The average Bonchev–Trinajstić information content (AvgIpc) is 3.13. The average molecular weight is 347 g/mol. The number of rotatable bonds is 4. The fourth-order valence-electron chi connectivity index (χ4n) is 4.70. The van der Waals surface area contributed by atoms with Crippen molar-refractivity contribution in [3.05, 3.63) is 11.6 Å². The number of hydrogen-bond acceptors (Lipinski definition) is 4. The first-order valence-electron chi connectivity index (χ1n) is 9.75. The molecule has 1 saturated heterocycles. The summed E-state index contributed by atoms with van der Waals surface area (Å²) in [6.45, 7) is 1.47. The second-order valence-electron chi connectivity index (χ2n) is 7.67. The zero-order valence-corrected chi connectivity index (χ0v) is 15.1. The third-order valence-electron chi connectivity index (χ3n) is 6.03. The van der Waals surface area contributed by atoms with Crippen molar-refractivity contribution >= 4 is 6.03 Å². The molecule has 1 aliphatic carbocycles. The van der Waals surface area contributed by atoms with Crippen molar-refractivity contribution < 1.29 is 9.53 Å². The van der Waals surface area contributed by atoms with Crippen molar-refractivity contribution in [2.45, 2.75) is 82.5 Å². The first kappa shape index (κ1) is 16.8. The molecule has 0 radical (unpaired) electrons. The Kier molecular flexibility index (Phi) is 4.92. The SMILES string of the molecule is COCCc1nnc2n1C[C@H]1CC[C@@H](C2)N1C(=O)NC1CCCCC1. The highest BCUT2D eigenvalue weighted by Crippen LogP contribution is 2.32. The molecule has 2 atom stereocenters. The van der Waals surface area contributed by atoms with E-state index in [1.54, 1.807) is 7.11 Å². The van der Waals surface area contributed by atoms with Crippen LogP contribution in [-0.4, -0.2) is 57.5 Å². The maximum atomic E-state index is 13.0. The van der Waals surface area contributed by atoms with E-state index in [-0.39, 0.29) is 18.1 Å². The van der Waals surface area contributed by atoms with Crippen molar-refractivity contribution in [2.24, 2.45) is 0 Å². The van der Waals surface area contributed by atoms with Gasteiger partial charge in [0.2, 0.25) is 0 Å². The van der Waals surface area contributed by atoms with Crippen molar-refractivity contribution in [3.63, 3.8) is 0 Å². The van der Waals surface area contributed by atoms with Crippen molar-refractivity contribution in [2.75, 3.05) is 13.7 Å². The number of amides is 2. The summed E-state index contributed by atoms with van der Waals surface area (Å²) < 4.78 is 7.41. The monoisotopic (exact) mass is 347 g/mol. The van der Waals surface area contributed by atoms with Gasteiger partial charge in [-0.2, -0.15) is 0 Å². The smallest absolute Gasteiger partial charge is 0.318 e.